The van der Waals surface area contributed by atoms with E-state index in [1.54, 1.807) is 6.07 Å². The third kappa shape index (κ3) is 2.17. The summed E-state index contributed by atoms with van der Waals surface area (Å²) in [5, 5.41) is 20.4. The van der Waals surface area contributed by atoms with Gasteiger partial charge in [-0.2, -0.15) is 0 Å². The zero-order chi connectivity index (χ0) is 13.4. The maximum Gasteiger partial charge on any atom is 0.336 e. The topological polar surface area (TPSA) is 73.9 Å². The molecular weight excluding hydrogens is 246 g/mol. The van der Waals surface area contributed by atoms with E-state index in [4.69, 9.17) is 4.42 Å². The Balaban J connectivity index is 2.15. The summed E-state index contributed by atoms with van der Waals surface area (Å²) in [5.74, 6) is -0.385. The van der Waals surface area contributed by atoms with Gasteiger partial charge in [-0.15, -0.1) is 0 Å². The molecule has 1 aliphatic rings. The maximum absolute atomic E-state index is 11.3. The lowest BCUT2D eigenvalue weighted by Crippen LogP contribution is -2.18. The normalized spacial score (nSPS) is 16.2. The van der Waals surface area contributed by atoms with Crippen LogP contribution in [-0.2, 0) is 6.54 Å². The molecule has 5 heteroatoms. The van der Waals surface area contributed by atoms with E-state index in [1.807, 2.05) is 0 Å². The molecule has 1 aromatic carbocycles. The predicted octanol–water partition coefficient (Wildman–Crippen LogP) is 1.80. The number of likely N-dealkylation sites (tertiary alicyclic amines) is 1. The summed E-state index contributed by atoms with van der Waals surface area (Å²) in [6.45, 7) is 2.38. The molecule has 1 fully saturated rings. The number of hydrogen-bond acceptors (Lipinski definition) is 5. The second kappa shape index (κ2) is 4.59. The number of phenols is 2. The van der Waals surface area contributed by atoms with E-state index in [0.717, 1.165) is 25.9 Å². The summed E-state index contributed by atoms with van der Waals surface area (Å²) >= 11 is 0. The molecule has 0 bridgehead atoms. The van der Waals surface area contributed by atoms with E-state index >= 15 is 0 Å². The monoisotopic (exact) mass is 261 g/mol. The molecule has 1 saturated heterocycles. The first kappa shape index (κ1) is 12.0. The number of hydrogen-bond donors (Lipinski definition) is 2. The van der Waals surface area contributed by atoms with Gasteiger partial charge >= 0.3 is 5.63 Å². The number of benzene rings is 1. The third-order valence-electron chi connectivity index (χ3n) is 3.54. The number of rotatable bonds is 2. The first-order chi connectivity index (χ1) is 9.15. The van der Waals surface area contributed by atoms with Gasteiger partial charge in [0.1, 0.15) is 5.58 Å². The van der Waals surface area contributed by atoms with E-state index in [1.165, 1.54) is 12.1 Å². The highest BCUT2D eigenvalue weighted by Crippen LogP contribution is 2.36. The first-order valence-corrected chi connectivity index (χ1v) is 6.35. The van der Waals surface area contributed by atoms with Crippen molar-refractivity contribution < 1.29 is 14.6 Å². The van der Waals surface area contributed by atoms with Crippen molar-refractivity contribution in [1.29, 1.82) is 0 Å². The SMILES string of the molecule is O=c1ccc2cc(O)c(O)c(CN3CCCC3)c2o1. The molecule has 0 saturated carbocycles. The van der Waals surface area contributed by atoms with Gasteiger partial charge in [0.05, 0.1) is 5.56 Å². The molecule has 0 atom stereocenters. The Kier molecular flexibility index (Phi) is 2.91. The molecule has 0 unspecified atom stereocenters. The number of aromatic hydroxyl groups is 2. The van der Waals surface area contributed by atoms with Crippen molar-refractivity contribution in [3.05, 3.63) is 34.2 Å². The fourth-order valence-electron chi connectivity index (χ4n) is 2.57. The standard InChI is InChI=1S/C14H15NO4/c16-11-7-9-3-4-12(17)19-14(9)10(13(11)18)8-15-5-1-2-6-15/h3-4,7,16,18H,1-2,5-6,8H2. The number of phenolic OH excluding ortho intramolecular Hbond substituents is 2. The average Bonchev–Trinajstić information content (AvgIpc) is 2.89. The van der Waals surface area contributed by atoms with Crippen LogP contribution < -0.4 is 5.63 Å². The molecule has 100 valence electrons. The minimum absolute atomic E-state index is 0.185. The van der Waals surface area contributed by atoms with E-state index in [9.17, 15) is 15.0 Å². The van der Waals surface area contributed by atoms with Crippen molar-refractivity contribution in [2.75, 3.05) is 13.1 Å². The highest BCUT2D eigenvalue weighted by atomic mass is 16.4. The molecule has 5 nitrogen and oxygen atoms in total. The van der Waals surface area contributed by atoms with Crippen LogP contribution in [0.5, 0.6) is 11.5 Å². The quantitative estimate of drug-likeness (QED) is 0.637. The largest absolute Gasteiger partial charge is 0.504 e. The van der Waals surface area contributed by atoms with Crippen LogP contribution in [0, 0.1) is 0 Å². The molecule has 2 heterocycles. The zero-order valence-electron chi connectivity index (χ0n) is 10.4. The van der Waals surface area contributed by atoms with Gasteiger partial charge in [-0.3, -0.25) is 4.90 Å². The molecule has 0 radical (unpaired) electrons. The van der Waals surface area contributed by atoms with E-state index in [2.05, 4.69) is 4.90 Å². The number of nitrogens with zero attached hydrogens (tertiary/aromatic N) is 1. The minimum Gasteiger partial charge on any atom is -0.504 e. The van der Waals surface area contributed by atoms with Crippen molar-refractivity contribution in [2.45, 2.75) is 19.4 Å². The van der Waals surface area contributed by atoms with Gasteiger partial charge < -0.3 is 14.6 Å². The average molecular weight is 261 g/mol. The summed E-state index contributed by atoms with van der Waals surface area (Å²) in [4.78, 5) is 13.5. The molecule has 3 rings (SSSR count). The number of fused-ring (bicyclic) bond motifs is 1. The van der Waals surface area contributed by atoms with Crippen LogP contribution in [0.15, 0.2) is 27.4 Å². The molecule has 0 spiro atoms. The lowest BCUT2D eigenvalue weighted by Gasteiger charge is -2.16. The summed E-state index contributed by atoms with van der Waals surface area (Å²) < 4.78 is 5.19. The van der Waals surface area contributed by atoms with Crippen LogP contribution in [0.4, 0.5) is 0 Å². The molecule has 1 aromatic heterocycles. The second-order valence-electron chi connectivity index (χ2n) is 4.88. The summed E-state index contributed by atoms with van der Waals surface area (Å²) in [7, 11) is 0. The van der Waals surface area contributed by atoms with Gasteiger partial charge in [0.25, 0.3) is 0 Å². The van der Waals surface area contributed by atoms with Crippen LogP contribution in [0.1, 0.15) is 18.4 Å². The van der Waals surface area contributed by atoms with Crippen LogP contribution in [0.25, 0.3) is 11.0 Å². The van der Waals surface area contributed by atoms with Gasteiger partial charge in [-0.05, 0) is 38.1 Å². The fourth-order valence-corrected chi connectivity index (χ4v) is 2.57. The molecule has 2 aromatic rings. The third-order valence-corrected chi connectivity index (χ3v) is 3.54. The first-order valence-electron chi connectivity index (χ1n) is 6.35. The van der Waals surface area contributed by atoms with Crippen molar-refractivity contribution in [3.8, 4) is 11.5 Å². The van der Waals surface area contributed by atoms with Gasteiger partial charge in [0.2, 0.25) is 0 Å². The van der Waals surface area contributed by atoms with Gasteiger partial charge in [0.15, 0.2) is 11.5 Å². The lowest BCUT2D eigenvalue weighted by molar-refractivity contribution is 0.319. The lowest BCUT2D eigenvalue weighted by atomic mass is 10.1. The second-order valence-corrected chi connectivity index (χ2v) is 4.88. The highest BCUT2D eigenvalue weighted by Gasteiger charge is 2.19. The zero-order valence-corrected chi connectivity index (χ0v) is 10.4. The maximum atomic E-state index is 11.3. The molecular formula is C14H15NO4. The molecule has 0 aliphatic carbocycles. The van der Waals surface area contributed by atoms with Gasteiger partial charge in [0, 0.05) is 18.0 Å². The Hall–Kier alpha value is -2.01. The summed E-state index contributed by atoms with van der Waals surface area (Å²) in [5.41, 5.74) is 0.379. The van der Waals surface area contributed by atoms with Crippen LogP contribution in [0.2, 0.25) is 0 Å². The van der Waals surface area contributed by atoms with Crippen molar-refractivity contribution in [1.82, 2.24) is 4.90 Å². The van der Waals surface area contributed by atoms with Crippen LogP contribution in [0.3, 0.4) is 0 Å². The van der Waals surface area contributed by atoms with Crippen LogP contribution in [-0.4, -0.2) is 28.2 Å². The van der Waals surface area contributed by atoms with E-state index in [-0.39, 0.29) is 11.5 Å². The minimum atomic E-state index is -0.458. The van der Waals surface area contributed by atoms with Crippen LogP contribution >= 0.6 is 0 Å². The Labute approximate surface area is 109 Å². The Morgan fingerprint density at radius 3 is 2.68 bits per heavy atom. The van der Waals surface area contributed by atoms with Gasteiger partial charge in [-0.1, -0.05) is 0 Å². The fraction of sp³-hybridized carbons (Fsp3) is 0.357. The highest BCUT2D eigenvalue weighted by molar-refractivity contribution is 5.84. The summed E-state index contributed by atoms with van der Waals surface area (Å²) in [6.07, 6.45) is 2.25. The molecule has 1 aliphatic heterocycles. The van der Waals surface area contributed by atoms with E-state index < -0.39 is 5.63 Å². The Morgan fingerprint density at radius 1 is 1.21 bits per heavy atom. The van der Waals surface area contributed by atoms with Gasteiger partial charge in [-0.25, -0.2) is 4.79 Å². The van der Waals surface area contributed by atoms with E-state index in [0.29, 0.717) is 23.1 Å². The van der Waals surface area contributed by atoms with Crippen molar-refractivity contribution in [3.63, 3.8) is 0 Å². The molecule has 2 N–H and O–H groups in total. The molecule has 19 heavy (non-hydrogen) atoms. The molecule has 0 amide bonds. The smallest absolute Gasteiger partial charge is 0.336 e. The van der Waals surface area contributed by atoms with Crippen molar-refractivity contribution in [2.24, 2.45) is 0 Å². The Morgan fingerprint density at radius 2 is 1.95 bits per heavy atom. The summed E-state index contributed by atoms with van der Waals surface area (Å²) in [6, 6.07) is 4.30. The predicted molar refractivity (Wildman–Crippen MR) is 70.3 cm³/mol. The van der Waals surface area contributed by atoms with Crippen molar-refractivity contribution >= 4 is 11.0 Å². The Bertz CT molecular complexity index is 671.